The summed E-state index contributed by atoms with van der Waals surface area (Å²) in [6, 6.07) is 4.08. The number of nitrogens with one attached hydrogen (secondary N) is 1. The standard InChI is InChI=1S/C22H19F4N3O3/c1-20(2)10-21(32,22(24,25)26)18(12-4-5-13(23)17(30)16(12)20)29-19(31)11-3-6-14-15(9-11)28-8-7-27-14/h3-9,18,30,32H,10H2,1-2H3,(H,29,31). The summed E-state index contributed by atoms with van der Waals surface area (Å²) >= 11 is 0. The van der Waals surface area contributed by atoms with Crippen molar-refractivity contribution in [2.75, 3.05) is 0 Å². The van der Waals surface area contributed by atoms with Gasteiger partial charge in [-0.2, -0.15) is 13.2 Å². The Bertz CT molecular complexity index is 1230. The monoisotopic (exact) mass is 449 g/mol. The smallest absolute Gasteiger partial charge is 0.419 e. The van der Waals surface area contributed by atoms with E-state index in [2.05, 4.69) is 15.3 Å². The number of nitrogens with zero attached hydrogens (tertiary/aromatic N) is 2. The van der Waals surface area contributed by atoms with E-state index in [1.807, 2.05) is 0 Å². The van der Waals surface area contributed by atoms with Gasteiger partial charge in [-0.05, 0) is 41.7 Å². The van der Waals surface area contributed by atoms with E-state index in [4.69, 9.17) is 0 Å². The van der Waals surface area contributed by atoms with Gasteiger partial charge in [0.15, 0.2) is 17.2 Å². The van der Waals surface area contributed by atoms with E-state index in [0.29, 0.717) is 11.0 Å². The van der Waals surface area contributed by atoms with Crippen molar-refractivity contribution in [1.29, 1.82) is 0 Å². The molecule has 0 saturated heterocycles. The molecule has 10 heteroatoms. The van der Waals surface area contributed by atoms with E-state index >= 15 is 0 Å². The summed E-state index contributed by atoms with van der Waals surface area (Å²) in [6.07, 6.45) is -3.17. The highest BCUT2D eigenvalue weighted by molar-refractivity contribution is 5.97. The Balaban J connectivity index is 1.83. The molecule has 4 rings (SSSR count). The first-order valence-electron chi connectivity index (χ1n) is 9.68. The van der Waals surface area contributed by atoms with Gasteiger partial charge < -0.3 is 15.5 Å². The molecule has 3 N–H and O–H groups in total. The van der Waals surface area contributed by atoms with Gasteiger partial charge in [0.1, 0.15) is 0 Å². The molecule has 0 aliphatic heterocycles. The van der Waals surface area contributed by atoms with Crippen LogP contribution in [-0.4, -0.2) is 37.9 Å². The van der Waals surface area contributed by atoms with E-state index in [9.17, 15) is 32.6 Å². The lowest BCUT2D eigenvalue weighted by molar-refractivity contribution is -0.280. The first-order chi connectivity index (χ1) is 14.8. The molecule has 0 saturated carbocycles. The molecule has 2 aromatic carbocycles. The molecule has 6 nitrogen and oxygen atoms in total. The fourth-order valence-corrected chi connectivity index (χ4v) is 4.43. The van der Waals surface area contributed by atoms with Gasteiger partial charge in [0.05, 0.1) is 17.1 Å². The van der Waals surface area contributed by atoms with Crippen LogP contribution in [0.2, 0.25) is 0 Å². The lowest BCUT2D eigenvalue weighted by Gasteiger charge is -2.48. The molecule has 1 aliphatic rings. The van der Waals surface area contributed by atoms with Crippen LogP contribution < -0.4 is 5.32 Å². The van der Waals surface area contributed by atoms with Crippen molar-refractivity contribution in [3.05, 3.63) is 65.2 Å². The van der Waals surface area contributed by atoms with Gasteiger partial charge in [-0.1, -0.05) is 19.9 Å². The number of phenols is 1. The van der Waals surface area contributed by atoms with E-state index in [1.165, 1.54) is 44.4 Å². The highest BCUT2D eigenvalue weighted by Gasteiger charge is 2.64. The van der Waals surface area contributed by atoms with Gasteiger partial charge >= 0.3 is 6.18 Å². The maximum absolute atomic E-state index is 14.1. The Morgan fingerprint density at radius 2 is 1.78 bits per heavy atom. The van der Waals surface area contributed by atoms with Gasteiger partial charge in [-0.15, -0.1) is 0 Å². The van der Waals surface area contributed by atoms with Crippen molar-refractivity contribution in [2.24, 2.45) is 0 Å². The molecule has 0 bridgehead atoms. The van der Waals surface area contributed by atoms with Gasteiger partial charge in [0.25, 0.3) is 5.91 Å². The van der Waals surface area contributed by atoms with Crippen LogP contribution in [0.5, 0.6) is 5.75 Å². The number of aromatic hydroxyl groups is 1. The molecule has 0 fully saturated rings. The van der Waals surface area contributed by atoms with Crippen molar-refractivity contribution < 1.29 is 32.6 Å². The average Bonchev–Trinajstić information content (AvgIpc) is 2.71. The second-order valence-electron chi connectivity index (χ2n) is 8.51. The van der Waals surface area contributed by atoms with Gasteiger partial charge in [0.2, 0.25) is 0 Å². The number of rotatable bonds is 2. The first kappa shape index (κ1) is 21.9. The zero-order valence-corrected chi connectivity index (χ0v) is 17.0. The Hall–Kier alpha value is -3.27. The number of benzene rings is 2. The number of amides is 1. The first-order valence-corrected chi connectivity index (χ1v) is 9.68. The maximum atomic E-state index is 14.1. The van der Waals surface area contributed by atoms with Gasteiger partial charge in [-0.3, -0.25) is 14.8 Å². The molecule has 1 amide bonds. The van der Waals surface area contributed by atoms with E-state index < -0.39 is 47.1 Å². The molecule has 1 heterocycles. The molecule has 3 aromatic rings. The third kappa shape index (κ3) is 3.35. The van der Waals surface area contributed by atoms with Crippen molar-refractivity contribution in [2.45, 2.75) is 43.5 Å². The summed E-state index contributed by atoms with van der Waals surface area (Å²) in [7, 11) is 0. The number of fused-ring (bicyclic) bond motifs is 2. The molecular weight excluding hydrogens is 430 g/mol. The van der Waals surface area contributed by atoms with Crippen LogP contribution >= 0.6 is 0 Å². The zero-order valence-electron chi connectivity index (χ0n) is 17.0. The van der Waals surface area contributed by atoms with Crippen molar-refractivity contribution in [3.8, 4) is 5.75 Å². The summed E-state index contributed by atoms with van der Waals surface area (Å²) in [5, 5.41) is 23.4. The van der Waals surface area contributed by atoms with Crippen molar-refractivity contribution in [1.82, 2.24) is 15.3 Å². The van der Waals surface area contributed by atoms with Crippen LogP contribution in [-0.2, 0) is 5.41 Å². The normalized spacial score (nSPS) is 22.4. The van der Waals surface area contributed by atoms with Crippen LogP contribution in [0.3, 0.4) is 0 Å². The van der Waals surface area contributed by atoms with Crippen LogP contribution in [0.1, 0.15) is 47.8 Å². The zero-order chi connectivity index (χ0) is 23.5. The number of halogens is 4. The number of hydrogen-bond donors (Lipinski definition) is 3. The minimum Gasteiger partial charge on any atom is -0.505 e. The molecule has 2 unspecified atom stereocenters. The quantitative estimate of drug-likeness (QED) is 0.516. The summed E-state index contributed by atoms with van der Waals surface area (Å²) in [6.45, 7) is 2.73. The number of carbonyl (C=O) groups excluding carboxylic acids is 1. The Morgan fingerprint density at radius 3 is 2.44 bits per heavy atom. The second kappa shape index (κ2) is 7.13. The van der Waals surface area contributed by atoms with Crippen LogP contribution in [0.15, 0.2) is 42.7 Å². The maximum Gasteiger partial charge on any atom is 0.419 e. The van der Waals surface area contributed by atoms with Crippen molar-refractivity contribution >= 4 is 16.9 Å². The number of phenolic OH excluding ortho intramolecular Hbond substituents is 1. The van der Waals surface area contributed by atoms with E-state index in [0.717, 1.165) is 12.1 Å². The molecular formula is C22H19F4N3O3. The van der Waals surface area contributed by atoms with E-state index in [-0.39, 0.29) is 16.7 Å². The SMILES string of the molecule is CC1(C)CC(O)(C(F)(F)F)C(NC(=O)c2ccc3nccnc3c2)c2ccc(F)c(O)c21. The predicted octanol–water partition coefficient (Wildman–Crippen LogP) is 3.92. The summed E-state index contributed by atoms with van der Waals surface area (Å²) in [5.74, 6) is -2.72. The largest absolute Gasteiger partial charge is 0.505 e. The highest BCUT2D eigenvalue weighted by atomic mass is 19.4. The van der Waals surface area contributed by atoms with Crippen molar-refractivity contribution in [3.63, 3.8) is 0 Å². The highest BCUT2D eigenvalue weighted by Crippen LogP contribution is 2.55. The Morgan fingerprint density at radius 1 is 1.12 bits per heavy atom. The van der Waals surface area contributed by atoms with E-state index in [1.54, 1.807) is 0 Å². The molecule has 1 aromatic heterocycles. The summed E-state index contributed by atoms with van der Waals surface area (Å²) in [4.78, 5) is 21.1. The van der Waals surface area contributed by atoms with Crippen LogP contribution in [0, 0.1) is 5.82 Å². The number of hydrogen-bond acceptors (Lipinski definition) is 5. The number of aromatic nitrogens is 2. The molecule has 2 atom stereocenters. The third-order valence-electron chi connectivity index (χ3n) is 5.84. The lowest BCUT2D eigenvalue weighted by Crippen LogP contribution is -2.60. The molecule has 168 valence electrons. The average molecular weight is 449 g/mol. The minimum atomic E-state index is -5.13. The van der Waals surface area contributed by atoms with Gasteiger partial charge in [-0.25, -0.2) is 4.39 Å². The third-order valence-corrected chi connectivity index (χ3v) is 5.84. The Labute approximate surface area is 179 Å². The molecule has 0 spiro atoms. The summed E-state index contributed by atoms with van der Waals surface area (Å²) < 4.78 is 56.3. The molecule has 0 radical (unpaired) electrons. The number of alkyl halides is 3. The lowest BCUT2D eigenvalue weighted by atomic mass is 9.63. The van der Waals surface area contributed by atoms with Crippen LogP contribution in [0.4, 0.5) is 17.6 Å². The molecule has 32 heavy (non-hydrogen) atoms. The van der Waals surface area contributed by atoms with Crippen LogP contribution in [0.25, 0.3) is 11.0 Å². The summed E-state index contributed by atoms with van der Waals surface area (Å²) in [5.41, 5.74) is -4.27. The number of aliphatic hydroxyl groups is 1. The molecule has 1 aliphatic carbocycles. The fraction of sp³-hybridized carbons (Fsp3) is 0.318. The Kier molecular flexibility index (Phi) is 4.89. The fourth-order valence-electron chi connectivity index (χ4n) is 4.43. The minimum absolute atomic E-state index is 0.000224. The predicted molar refractivity (Wildman–Crippen MR) is 106 cm³/mol. The topological polar surface area (TPSA) is 95.3 Å². The number of carbonyl (C=O) groups is 1. The van der Waals surface area contributed by atoms with Gasteiger partial charge in [0, 0.05) is 23.5 Å². The second-order valence-corrected chi connectivity index (χ2v) is 8.51.